The van der Waals surface area contributed by atoms with Gasteiger partial charge in [-0.15, -0.1) is 0 Å². The van der Waals surface area contributed by atoms with Crippen molar-refractivity contribution in [1.29, 1.82) is 0 Å². The number of hydrogen-bond acceptors (Lipinski definition) is 5. The second-order valence-corrected chi connectivity index (χ2v) is 5.05. The Morgan fingerprint density at radius 2 is 2.17 bits per heavy atom. The summed E-state index contributed by atoms with van der Waals surface area (Å²) in [4.78, 5) is 13.5. The van der Waals surface area contributed by atoms with Crippen LogP contribution in [-0.4, -0.2) is 30.0 Å². The molecule has 0 bridgehead atoms. The number of benzene rings is 1. The lowest BCUT2D eigenvalue weighted by molar-refractivity contribution is -0.139. The van der Waals surface area contributed by atoms with E-state index in [-0.39, 0.29) is 18.6 Å². The molecule has 0 fully saturated rings. The molecular formula is C13H16N2O2S. The van der Waals surface area contributed by atoms with E-state index in [4.69, 9.17) is 4.74 Å². The van der Waals surface area contributed by atoms with Crippen molar-refractivity contribution in [2.24, 2.45) is 0 Å². The molecule has 0 spiro atoms. The zero-order chi connectivity index (χ0) is 13.1. The van der Waals surface area contributed by atoms with Crippen molar-refractivity contribution in [2.75, 3.05) is 18.6 Å². The van der Waals surface area contributed by atoms with Crippen LogP contribution in [0.2, 0.25) is 0 Å². The second-order valence-electron chi connectivity index (χ2n) is 4.30. The smallest absolute Gasteiger partial charge is 0.325 e. The largest absolute Gasteiger partial charge is 0.468 e. The molecule has 0 saturated heterocycles. The number of esters is 1. The maximum Gasteiger partial charge on any atom is 0.325 e. The van der Waals surface area contributed by atoms with Crippen molar-refractivity contribution >= 4 is 33.4 Å². The molecule has 0 atom stereocenters. The van der Waals surface area contributed by atoms with Crippen LogP contribution in [-0.2, 0) is 9.53 Å². The average Bonchev–Trinajstić information content (AvgIpc) is 2.79. The Morgan fingerprint density at radius 1 is 1.44 bits per heavy atom. The minimum absolute atomic E-state index is 0.216. The van der Waals surface area contributed by atoms with E-state index in [1.807, 2.05) is 29.2 Å². The molecular weight excluding hydrogens is 248 g/mol. The number of rotatable bonds is 4. The molecule has 18 heavy (non-hydrogen) atoms. The van der Waals surface area contributed by atoms with Gasteiger partial charge in [0.1, 0.15) is 11.5 Å². The summed E-state index contributed by atoms with van der Waals surface area (Å²) in [5.41, 5.74) is 0.966. The van der Waals surface area contributed by atoms with E-state index in [0.717, 1.165) is 15.9 Å². The SMILES string of the molecule is COC(=O)CN(c1snc2ccccc12)C(C)C. The van der Waals surface area contributed by atoms with Crippen LogP contribution in [0.1, 0.15) is 13.8 Å². The van der Waals surface area contributed by atoms with Gasteiger partial charge < -0.3 is 9.64 Å². The molecule has 0 radical (unpaired) electrons. The molecule has 0 N–H and O–H groups in total. The molecule has 1 aromatic heterocycles. The topological polar surface area (TPSA) is 42.4 Å². The van der Waals surface area contributed by atoms with Gasteiger partial charge in [0.05, 0.1) is 12.6 Å². The van der Waals surface area contributed by atoms with Crippen molar-refractivity contribution in [3.8, 4) is 0 Å². The fraction of sp³-hybridized carbons (Fsp3) is 0.385. The predicted molar refractivity (Wildman–Crippen MR) is 74.1 cm³/mol. The highest BCUT2D eigenvalue weighted by Gasteiger charge is 2.19. The standard InChI is InChI=1S/C13H16N2O2S/c1-9(2)15(8-12(16)17-3)13-10-6-4-5-7-11(10)14-18-13/h4-7,9H,8H2,1-3H3. The lowest BCUT2D eigenvalue weighted by Gasteiger charge is -2.25. The third kappa shape index (κ3) is 2.46. The summed E-state index contributed by atoms with van der Waals surface area (Å²) >= 11 is 1.42. The Bertz CT molecular complexity index is 551. The maximum absolute atomic E-state index is 11.5. The van der Waals surface area contributed by atoms with Crippen LogP contribution in [0.25, 0.3) is 10.9 Å². The molecule has 1 aromatic carbocycles. The Morgan fingerprint density at radius 3 is 2.83 bits per heavy atom. The average molecular weight is 264 g/mol. The van der Waals surface area contributed by atoms with Crippen LogP contribution in [0.4, 0.5) is 5.00 Å². The minimum atomic E-state index is -0.235. The van der Waals surface area contributed by atoms with Crippen LogP contribution in [0.3, 0.4) is 0 Å². The van der Waals surface area contributed by atoms with Crippen molar-refractivity contribution in [3.05, 3.63) is 24.3 Å². The van der Waals surface area contributed by atoms with E-state index in [9.17, 15) is 4.79 Å². The van der Waals surface area contributed by atoms with Crippen molar-refractivity contribution in [1.82, 2.24) is 4.37 Å². The Labute approximate surface area is 110 Å². The maximum atomic E-state index is 11.5. The van der Waals surface area contributed by atoms with E-state index >= 15 is 0 Å². The molecule has 96 valence electrons. The summed E-state index contributed by atoms with van der Waals surface area (Å²) in [7, 11) is 1.41. The van der Waals surface area contributed by atoms with E-state index < -0.39 is 0 Å². The summed E-state index contributed by atoms with van der Waals surface area (Å²) in [6.45, 7) is 4.36. The number of anilines is 1. The number of nitrogens with zero attached hydrogens (tertiary/aromatic N) is 2. The molecule has 5 heteroatoms. The van der Waals surface area contributed by atoms with Gasteiger partial charge in [0.15, 0.2) is 0 Å². The monoisotopic (exact) mass is 264 g/mol. The van der Waals surface area contributed by atoms with Crippen LogP contribution >= 0.6 is 11.5 Å². The van der Waals surface area contributed by atoms with Gasteiger partial charge in [-0.05, 0) is 37.5 Å². The normalized spacial score (nSPS) is 10.9. The molecule has 2 rings (SSSR count). The van der Waals surface area contributed by atoms with Crippen LogP contribution < -0.4 is 4.90 Å². The number of carbonyl (C=O) groups is 1. The molecule has 0 aliphatic carbocycles. The van der Waals surface area contributed by atoms with Crippen molar-refractivity contribution in [2.45, 2.75) is 19.9 Å². The summed E-state index contributed by atoms with van der Waals surface area (Å²) in [5, 5.41) is 2.10. The van der Waals surface area contributed by atoms with E-state index in [1.54, 1.807) is 0 Å². The molecule has 0 saturated carbocycles. The van der Waals surface area contributed by atoms with E-state index in [1.165, 1.54) is 18.6 Å². The van der Waals surface area contributed by atoms with E-state index in [2.05, 4.69) is 18.2 Å². The highest BCUT2D eigenvalue weighted by molar-refractivity contribution is 7.11. The summed E-state index contributed by atoms with van der Waals surface area (Å²) in [5.74, 6) is -0.235. The first-order valence-corrected chi connectivity index (χ1v) is 6.58. The molecule has 4 nitrogen and oxygen atoms in total. The van der Waals surface area contributed by atoms with Gasteiger partial charge in [0.2, 0.25) is 0 Å². The Hall–Kier alpha value is -1.62. The molecule has 0 amide bonds. The zero-order valence-corrected chi connectivity index (χ0v) is 11.5. The molecule has 0 unspecified atom stereocenters. The number of methoxy groups -OCH3 is 1. The highest BCUT2D eigenvalue weighted by Crippen LogP contribution is 2.32. The van der Waals surface area contributed by atoms with Crippen LogP contribution in [0, 0.1) is 0 Å². The predicted octanol–water partition coefficient (Wildman–Crippen LogP) is 2.68. The summed E-state index contributed by atoms with van der Waals surface area (Å²) < 4.78 is 9.15. The summed E-state index contributed by atoms with van der Waals surface area (Å²) in [6, 6.07) is 8.17. The second kappa shape index (κ2) is 5.35. The van der Waals surface area contributed by atoms with Gasteiger partial charge in [-0.2, -0.15) is 4.37 Å². The van der Waals surface area contributed by atoms with Crippen LogP contribution in [0.15, 0.2) is 24.3 Å². The zero-order valence-electron chi connectivity index (χ0n) is 10.7. The first-order valence-electron chi connectivity index (χ1n) is 5.81. The quantitative estimate of drug-likeness (QED) is 0.796. The van der Waals surface area contributed by atoms with E-state index in [0.29, 0.717) is 0 Å². The lowest BCUT2D eigenvalue weighted by Crippen LogP contribution is -2.35. The van der Waals surface area contributed by atoms with Gasteiger partial charge in [-0.3, -0.25) is 4.79 Å². The van der Waals surface area contributed by atoms with Crippen molar-refractivity contribution < 1.29 is 9.53 Å². The van der Waals surface area contributed by atoms with Gasteiger partial charge in [-0.25, -0.2) is 0 Å². The molecule has 0 aliphatic heterocycles. The first kappa shape index (κ1) is 12.8. The highest BCUT2D eigenvalue weighted by atomic mass is 32.1. The first-order chi connectivity index (χ1) is 8.63. The third-order valence-corrected chi connectivity index (χ3v) is 3.69. The van der Waals surface area contributed by atoms with Gasteiger partial charge in [0.25, 0.3) is 0 Å². The molecule has 1 heterocycles. The third-order valence-electron chi connectivity index (χ3n) is 2.78. The number of hydrogen-bond donors (Lipinski definition) is 0. The Balaban J connectivity index is 2.39. The number of carbonyl (C=O) groups excluding carboxylic acids is 1. The fourth-order valence-corrected chi connectivity index (χ4v) is 2.77. The van der Waals surface area contributed by atoms with Gasteiger partial charge in [-0.1, -0.05) is 12.1 Å². The number of fused-ring (bicyclic) bond motifs is 1. The number of aromatic nitrogens is 1. The molecule has 2 aromatic rings. The van der Waals surface area contributed by atoms with Gasteiger partial charge in [0, 0.05) is 11.4 Å². The van der Waals surface area contributed by atoms with Crippen molar-refractivity contribution in [3.63, 3.8) is 0 Å². The number of ether oxygens (including phenoxy) is 1. The molecule has 0 aliphatic rings. The Kier molecular flexibility index (Phi) is 3.81. The summed E-state index contributed by atoms with van der Waals surface area (Å²) in [6.07, 6.45) is 0. The van der Waals surface area contributed by atoms with Crippen LogP contribution in [0.5, 0.6) is 0 Å². The minimum Gasteiger partial charge on any atom is -0.468 e. The fourth-order valence-electron chi connectivity index (χ4n) is 1.78. The lowest BCUT2D eigenvalue weighted by atomic mass is 10.2. The van der Waals surface area contributed by atoms with Gasteiger partial charge >= 0.3 is 5.97 Å².